The lowest BCUT2D eigenvalue weighted by Gasteiger charge is -2.08. The summed E-state index contributed by atoms with van der Waals surface area (Å²) in [6.45, 7) is 3.69. The van der Waals surface area contributed by atoms with Crippen LogP contribution < -0.4 is 5.73 Å². The summed E-state index contributed by atoms with van der Waals surface area (Å²) in [6.07, 6.45) is 4.60. The van der Waals surface area contributed by atoms with Crippen LogP contribution in [-0.4, -0.2) is 4.98 Å². The molecule has 14 heavy (non-hydrogen) atoms. The first-order valence-electron chi connectivity index (χ1n) is 4.75. The first-order chi connectivity index (χ1) is 6.81. The SMILES string of the molecule is C=CCC(N)c1ccc2cc[nH]c2c1. The van der Waals surface area contributed by atoms with E-state index in [0.29, 0.717) is 0 Å². The second kappa shape index (κ2) is 3.68. The van der Waals surface area contributed by atoms with Gasteiger partial charge >= 0.3 is 0 Å². The molecule has 2 rings (SSSR count). The Balaban J connectivity index is 2.38. The number of benzene rings is 1. The molecule has 0 saturated heterocycles. The van der Waals surface area contributed by atoms with Crippen LogP contribution in [0.1, 0.15) is 18.0 Å². The minimum absolute atomic E-state index is 0.0557. The molecule has 0 aliphatic heterocycles. The Hall–Kier alpha value is -1.54. The maximum absolute atomic E-state index is 5.98. The molecule has 0 saturated carbocycles. The molecule has 0 aliphatic rings. The normalized spacial score (nSPS) is 12.9. The van der Waals surface area contributed by atoms with Gasteiger partial charge in [0.1, 0.15) is 0 Å². The van der Waals surface area contributed by atoms with Crippen LogP contribution in [-0.2, 0) is 0 Å². The van der Waals surface area contributed by atoms with Gasteiger partial charge in [0.15, 0.2) is 0 Å². The number of nitrogens with two attached hydrogens (primary N) is 1. The summed E-state index contributed by atoms with van der Waals surface area (Å²) in [5.41, 5.74) is 8.27. The van der Waals surface area contributed by atoms with Crippen molar-refractivity contribution < 1.29 is 0 Å². The van der Waals surface area contributed by atoms with Crippen molar-refractivity contribution in [2.24, 2.45) is 5.73 Å². The molecule has 1 unspecified atom stereocenters. The number of rotatable bonds is 3. The number of H-pyrrole nitrogens is 1. The fourth-order valence-corrected chi connectivity index (χ4v) is 1.61. The van der Waals surface area contributed by atoms with Crippen LogP contribution in [0, 0.1) is 0 Å². The molecule has 1 atom stereocenters. The largest absolute Gasteiger partial charge is 0.361 e. The summed E-state index contributed by atoms with van der Waals surface area (Å²) in [5.74, 6) is 0. The first-order valence-corrected chi connectivity index (χ1v) is 4.75. The van der Waals surface area contributed by atoms with Gasteiger partial charge in [-0.15, -0.1) is 6.58 Å². The van der Waals surface area contributed by atoms with E-state index in [1.807, 2.05) is 12.3 Å². The summed E-state index contributed by atoms with van der Waals surface area (Å²) in [5, 5.41) is 1.22. The number of hydrogen-bond donors (Lipinski definition) is 2. The van der Waals surface area contributed by atoms with Crippen LogP contribution in [0.4, 0.5) is 0 Å². The summed E-state index contributed by atoms with van der Waals surface area (Å²) in [6, 6.07) is 8.37. The fraction of sp³-hybridized carbons (Fsp3) is 0.167. The van der Waals surface area contributed by atoms with Gasteiger partial charge in [-0.3, -0.25) is 0 Å². The zero-order chi connectivity index (χ0) is 9.97. The average molecular weight is 186 g/mol. The lowest BCUT2D eigenvalue weighted by Crippen LogP contribution is -2.08. The molecular weight excluding hydrogens is 172 g/mol. The predicted octanol–water partition coefficient (Wildman–Crippen LogP) is 2.74. The highest BCUT2D eigenvalue weighted by Gasteiger charge is 2.04. The van der Waals surface area contributed by atoms with E-state index >= 15 is 0 Å². The molecule has 0 radical (unpaired) electrons. The Kier molecular flexibility index (Phi) is 2.37. The standard InChI is InChI=1S/C12H14N2/c1-2-3-11(13)10-5-4-9-6-7-14-12(9)8-10/h2,4-8,11,14H,1,3,13H2. The smallest absolute Gasteiger partial charge is 0.0457 e. The third-order valence-corrected chi connectivity index (χ3v) is 2.43. The van der Waals surface area contributed by atoms with Crippen molar-refractivity contribution in [2.45, 2.75) is 12.5 Å². The molecule has 2 heteroatoms. The maximum Gasteiger partial charge on any atom is 0.0457 e. The van der Waals surface area contributed by atoms with Crippen LogP contribution in [0.3, 0.4) is 0 Å². The highest BCUT2D eigenvalue weighted by molar-refractivity contribution is 5.79. The molecule has 1 aromatic heterocycles. The second-order valence-corrected chi connectivity index (χ2v) is 3.46. The average Bonchev–Trinajstić information content (AvgIpc) is 2.64. The van der Waals surface area contributed by atoms with E-state index in [-0.39, 0.29) is 6.04 Å². The van der Waals surface area contributed by atoms with E-state index in [1.54, 1.807) is 0 Å². The van der Waals surface area contributed by atoms with Gasteiger partial charge in [0.05, 0.1) is 0 Å². The van der Waals surface area contributed by atoms with Gasteiger partial charge < -0.3 is 10.7 Å². The third kappa shape index (κ3) is 1.56. The van der Waals surface area contributed by atoms with Crippen molar-refractivity contribution in [1.82, 2.24) is 4.98 Å². The van der Waals surface area contributed by atoms with Crippen molar-refractivity contribution in [1.29, 1.82) is 0 Å². The summed E-state index contributed by atoms with van der Waals surface area (Å²) >= 11 is 0. The lowest BCUT2D eigenvalue weighted by atomic mass is 10.0. The van der Waals surface area contributed by atoms with E-state index in [4.69, 9.17) is 5.73 Å². The lowest BCUT2D eigenvalue weighted by molar-refractivity contribution is 0.743. The molecule has 0 amide bonds. The Morgan fingerprint density at radius 3 is 3.07 bits per heavy atom. The quantitative estimate of drug-likeness (QED) is 0.711. The third-order valence-electron chi connectivity index (χ3n) is 2.43. The predicted molar refractivity (Wildman–Crippen MR) is 60.0 cm³/mol. The Morgan fingerprint density at radius 2 is 2.29 bits per heavy atom. The van der Waals surface area contributed by atoms with Crippen molar-refractivity contribution >= 4 is 10.9 Å². The van der Waals surface area contributed by atoms with Gasteiger partial charge in [0.2, 0.25) is 0 Å². The van der Waals surface area contributed by atoms with Crippen molar-refractivity contribution in [3.63, 3.8) is 0 Å². The summed E-state index contributed by atoms with van der Waals surface area (Å²) < 4.78 is 0. The molecule has 2 aromatic rings. The van der Waals surface area contributed by atoms with Gasteiger partial charge in [-0.2, -0.15) is 0 Å². The van der Waals surface area contributed by atoms with Crippen LogP contribution in [0.25, 0.3) is 10.9 Å². The van der Waals surface area contributed by atoms with Gasteiger partial charge in [-0.1, -0.05) is 18.2 Å². The molecule has 0 aliphatic carbocycles. The van der Waals surface area contributed by atoms with Gasteiger partial charge in [-0.05, 0) is 29.5 Å². The number of aromatic nitrogens is 1. The molecular formula is C12H14N2. The van der Waals surface area contributed by atoms with Crippen LogP contribution in [0.2, 0.25) is 0 Å². The molecule has 2 nitrogen and oxygen atoms in total. The summed E-state index contributed by atoms with van der Waals surface area (Å²) in [4.78, 5) is 3.18. The Labute approximate surface area is 83.4 Å². The van der Waals surface area contributed by atoms with Gasteiger partial charge in [0.25, 0.3) is 0 Å². The van der Waals surface area contributed by atoms with E-state index in [2.05, 4.69) is 35.8 Å². The summed E-state index contributed by atoms with van der Waals surface area (Å²) in [7, 11) is 0. The number of hydrogen-bond acceptors (Lipinski definition) is 1. The molecule has 0 fully saturated rings. The van der Waals surface area contributed by atoms with Crippen molar-refractivity contribution in [3.05, 3.63) is 48.7 Å². The zero-order valence-corrected chi connectivity index (χ0v) is 8.03. The van der Waals surface area contributed by atoms with E-state index < -0.39 is 0 Å². The van der Waals surface area contributed by atoms with E-state index in [0.717, 1.165) is 17.5 Å². The van der Waals surface area contributed by atoms with Gasteiger partial charge in [0, 0.05) is 17.8 Å². The van der Waals surface area contributed by atoms with Crippen LogP contribution in [0.5, 0.6) is 0 Å². The first kappa shape index (κ1) is 9.03. The molecule has 3 N–H and O–H groups in total. The number of nitrogens with one attached hydrogen (secondary N) is 1. The number of aromatic amines is 1. The number of fused-ring (bicyclic) bond motifs is 1. The zero-order valence-electron chi connectivity index (χ0n) is 8.03. The molecule has 0 bridgehead atoms. The minimum atomic E-state index is 0.0557. The minimum Gasteiger partial charge on any atom is -0.361 e. The molecule has 0 spiro atoms. The van der Waals surface area contributed by atoms with Gasteiger partial charge in [-0.25, -0.2) is 0 Å². The highest BCUT2D eigenvalue weighted by Crippen LogP contribution is 2.19. The molecule has 72 valence electrons. The second-order valence-electron chi connectivity index (χ2n) is 3.46. The van der Waals surface area contributed by atoms with E-state index in [1.165, 1.54) is 5.39 Å². The van der Waals surface area contributed by atoms with Crippen molar-refractivity contribution in [3.8, 4) is 0 Å². The Morgan fingerprint density at radius 1 is 1.43 bits per heavy atom. The topological polar surface area (TPSA) is 41.8 Å². The Bertz CT molecular complexity index is 442. The van der Waals surface area contributed by atoms with E-state index in [9.17, 15) is 0 Å². The van der Waals surface area contributed by atoms with Crippen LogP contribution in [0.15, 0.2) is 43.1 Å². The fourth-order valence-electron chi connectivity index (χ4n) is 1.61. The molecule has 1 heterocycles. The monoisotopic (exact) mass is 186 g/mol. The van der Waals surface area contributed by atoms with Crippen molar-refractivity contribution in [2.75, 3.05) is 0 Å². The highest BCUT2D eigenvalue weighted by atomic mass is 14.7. The maximum atomic E-state index is 5.98. The molecule has 1 aromatic carbocycles. The van der Waals surface area contributed by atoms with Crippen LogP contribution >= 0.6 is 0 Å².